The molecule has 0 spiro atoms. The van der Waals surface area contributed by atoms with Crippen molar-refractivity contribution in [3.63, 3.8) is 0 Å². The van der Waals surface area contributed by atoms with Gasteiger partial charge >= 0.3 is 0 Å². The fourth-order valence-corrected chi connectivity index (χ4v) is 2.44. The zero-order valence-corrected chi connectivity index (χ0v) is 12.8. The van der Waals surface area contributed by atoms with E-state index in [0.29, 0.717) is 12.5 Å². The summed E-state index contributed by atoms with van der Waals surface area (Å²) in [6.07, 6.45) is 1.18. The van der Waals surface area contributed by atoms with Gasteiger partial charge in [0.1, 0.15) is 5.82 Å². The second-order valence-corrected chi connectivity index (χ2v) is 5.42. The smallest absolute Gasteiger partial charge is 0.133 e. The minimum atomic E-state index is 0.532. The van der Waals surface area contributed by atoms with Gasteiger partial charge in [-0.1, -0.05) is 38.5 Å². The Hall–Kier alpha value is -1.61. The summed E-state index contributed by atoms with van der Waals surface area (Å²) < 4.78 is 0. The minimum absolute atomic E-state index is 0.532. The molecular formula is C17H25N3. The molecule has 0 bridgehead atoms. The molecule has 0 aliphatic rings. The minimum Gasteiger partial charge on any atom is -0.356 e. The molecule has 1 heterocycles. The zero-order valence-electron chi connectivity index (χ0n) is 12.8. The van der Waals surface area contributed by atoms with Gasteiger partial charge in [-0.25, -0.2) is 4.98 Å². The van der Waals surface area contributed by atoms with Crippen molar-refractivity contribution in [3.8, 4) is 0 Å². The van der Waals surface area contributed by atoms with Gasteiger partial charge in [0.2, 0.25) is 0 Å². The Morgan fingerprint density at radius 1 is 1.25 bits per heavy atom. The SMILES string of the molecule is CCC(C)CN(CC)c1nc2ccccc2cc1CN. The molecule has 0 saturated carbocycles. The number of nitrogens with two attached hydrogens (primary N) is 1. The first-order valence-electron chi connectivity index (χ1n) is 7.53. The van der Waals surface area contributed by atoms with E-state index in [0.717, 1.165) is 35.4 Å². The molecule has 1 aromatic heterocycles. The maximum atomic E-state index is 5.93. The summed E-state index contributed by atoms with van der Waals surface area (Å²) in [4.78, 5) is 7.20. The predicted octanol–water partition coefficient (Wildman–Crippen LogP) is 3.57. The van der Waals surface area contributed by atoms with Crippen LogP contribution < -0.4 is 10.6 Å². The third-order valence-electron chi connectivity index (χ3n) is 3.91. The Morgan fingerprint density at radius 2 is 2.00 bits per heavy atom. The normalized spacial score (nSPS) is 12.6. The first-order valence-corrected chi connectivity index (χ1v) is 7.53. The van der Waals surface area contributed by atoms with Gasteiger partial charge in [0.05, 0.1) is 5.52 Å². The predicted molar refractivity (Wildman–Crippen MR) is 87.0 cm³/mol. The number of hydrogen-bond donors (Lipinski definition) is 1. The summed E-state index contributed by atoms with van der Waals surface area (Å²) in [5, 5.41) is 1.16. The number of aromatic nitrogens is 1. The average molecular weight is 271 g/mol. The van der Waals surface area contributed by atoms with Crippen molar-refractivity contribution in [2.75, 3.05) is 18.0 Å². The van der Waals surface area contributed by atoms with Gasteiger partial charge in [0, 0.05) is 30.6 Å². The standard InChI is InChI=1S/C17H25N3/c1-4-13(3)12-20(5-2)17-15(11-18)10-14-8-6-7-9-16(14)19-17/h6-10,13H,4-5,11-12,18H2,1-3H3. The van der Waals surface area contributed by atoms with E-state index >= 15 is 0 Å². The molecule has 3 heteroatoms. The van der Waals surface area contributed by atoms with Crippen molar-refractivity contribution in [2.45, 2.75) is 33.7 Å². The van der Waals surface area contributed by atoms with Gasteiger partial charge in [0.25, 0.3) is 0 Å². The van der Waals surface area contributed by atoms with Gasteiger partial charge < -0.3 is 10.6 Å². The van der Waals surface area contributed by atoms with Crippen molar-refractivity contribution in [1.29, 1.82) is 0 Å². The van der Waals surface area contributed by atoms with Crippen LogP contribution >= 0.6 is 0 Å². The van der Waals surface area contributed by atoms with E-state index in [2.05, 4.69) is 43.9 Å². The molecule has 2 aromatic rings. The van der Waals surface area contributed by atoms with Crippen molar-refractivity contribution < 1.29 is 0 Å². The number of rotatable bonds is 6. The molecule has 0 aliphatic heterocycles. The molecule has 0 amide bonds. The highest BCUT2D eigenvalue weighted by Crippen LogP contribution is 2.24. The Bertz CT molecular complexity index is 565. The second-order valence-electron chi connectivity index (χ2n) is 5.42. The molecule has 1 unspecified atom stereocenters. The summed E-state index contributed by atoms with van der Waals surface area (Å²) in [5.41, 5.74) is 8.11. The fourth-order valence-electron chi connectivity index (χ4n) is 2.44. The summed E-state index contributed by atoms with van der Waals surface area (Å²) in [5.74, 6) is 1.71. The largest absolute Gasteiger partial charge is 0.356 e. The quantitative estimate of drug-likeness (QED) is 0.873. The Balaban J connectivity index is 2.44. The monoisotopic (exact) mass is 271 g/mol. The third-order valence-corrected chi connectivity index (χ3v) is 3.91. The second kappa shape index (κ2) is 6.71. The van der Waals surface area contributed by atoms with E-state index in [1.165, 1.54) is 6.42 Å². The van der Waals surface area contributed by atoms with E-state index in [4.69, 9.17) is 10.7 Å². The van der Waals surface area contributed by atoms with E-state index < -0.39 is 0 Å². The van der Waals surface area contributed by atoms with Crippen LogP contribution in [0.2, 0.25) is 0 Å². The van der Waals surface area contributed by atoms with Crippen molar-refractivity contribution in [2.24, 2.45) is 11.7 Å². The van der Waals surface area contributed by atoms with Gasteiger partial charge in [0.15, 0.2) is 0 Å². The van der Waals surface area contributed by atoms with Crippen LogP contribution in [0.15, 0.2) is 30.3 Å². The first-order chi connectivity index (χ1) is 9.69. The number of hydrogen-bond acceptors (Lipinski definition) is 3. The number of anilines is 1. The third kappa shape index (κ3) is 3.10. The van der Waals surface area contributed by atoms with Crippen LogP contribution in [0.4, 0.5) is 5.82 Å². The number of nitrogens with zero attached hydrogens (tertiary/aromatic N) is 2. The highest BCUT2D eigenvalue weighted by molar-refractivity contribution is 5.81. The van der Waals surface area contributed by atoms with Crippen LogP contribution in [0, 0.1) is 5.92 Å². The Kier molecular flexibility index (Phi) is 4.96. The molecule has 2 rings (SSSR count). The van der Waals surface area contributed by atoms with Crippen molar-refractivity contribution in [1.82, 2.24) is 4.98 Å². The Morgan fingerprint density at radius 3 is 2.65 bits per heavy atom. The van der Waals surface area contributed by atoms with E-state index in [1.807, 2.05) is 12.1 Å². The number of para-hydroxylation sites is 1. The van der Waals surface area contributed by atoms with E-state index in [1.54, 1.807) is 0 Å². The zero-order chi connectivity index (χ0) is 14.5. The first kappa shape index (κ1) is 14.8. The average Bonchev–Trinajstić information content (AvgIpc) is 2.50. The molecule has 20 heavy (non-hydrogen) atoms. The van der Waals surface area contributed by atoms with Gasteiger partial charge in [-0.3, -0.25) is 0 Å². The van der Waals surface area contributed by atoms with Crippen LogP contribution in [0.25, 0.3) is 10.9 Å². The summed E-state index contributed by atoms with van der Waals surface area (Å²) in [7, 11) is 0. The molecule has 1 aromatic carbocycles. The van der Waals surface area contributed by atoms with Gasteiger partial charge in [-0.05, 0) is 25.0 Å². The number of fused-ring (bicyclic) bond motifs is 1. The molecule has 108 valence electrons. The topological polar surface area (TPSA) is 42.2 Å². The van der Waals surface area contributed by atoms with Crippen LogP contribution in [0.5, 0.6) is 0 Å². The van der Waals surface area contributed by atoms with Crippen LogP contribution in [0.3, 0.4) is 0 Å². The summed E-state index contributed by atoms with van der Waals surface area (Å²) in [6, 6.07) is 10.4. The molecule has 0 saturated heterocycles. The van der Waals surface area contributed by atoms with Crippen molar-refractivity contribution in [3.05, 3.63) is 35.9 Å². The fraction of sp³-hybridized carbons (Fsp3) is 0.471. The van der Waals surface area contributed by atoms with Gasteiger partial charge in [-0.2, -0.15) is 0 Å². The lowest BCUT2D eigenvalue weighted by Crippen LogP contribution is -2.30. The van der Waals surface area contributed by atoms with Gasteiger partial charge in [-0.15, -0.1) is 0 Å². The lowest BCUT2D eigenvalue weighted by molar-refractivity contribution is 0.545. The molecule has 2 N–H and O–H groups in total. The molecule has 0 fully saturated rings. The highest BCUT2D eigenvalue weighted by atomic mass is 15.2. The van der Waals surface area contributed by atoms with Crippen molar-refractivity contribution >= 4 is 16.7 Å². The Labute approximate surface area is 121 Å². The number of benzene rings is 1. The maximum absolute atomic E-state index is 5.93. The molecule has 3 nitrogen and oxygen atoms in total. The molecule has 0 radical (unpaired) electrons. The molecule has 0 aliphatic carbocycles. The van der Waals surface area contributed by atoms with E-state index in [-0.39, 0.29) is 0 Å². The summed E-state index contributed by atoms with van der Waals surface area (Å²) in [6.45, 7) is 9.22. The lowest BCUT2D eigenvalue weighted by Gasteiger charge is -2.27. The van der Waals surface area contributed by atoms with Crippen LogP contribution in [-0.2, 0) is 6.54 Å². The molecular weight excluding hydrogens is 246 g/mol. The molecule has 1 atom stereocenters. The van der Waals surface area contributed by atoms with Crippen LogP contribution in [0.1, 0.15) is 32.8 Å². The van der Waals surface area contributed by atoms with E-state index in [9.17, 15) is 0 Å². The van der Waals surface area contributed by atoms with Crippen LogP contribution in [-0.4, -0.2) is 18.1 Å². The summed E-state index contributed by atoms with van der Waals surface area (Å²) >= 11 is 0. The highest BCUT2D eigenvalue weighted by Gasteiger charge is 2.14. The maximum Gasteiger partial charge on any atom is 0.133 e. The number of pyridine rings is 1. The lowest BCUT2D eigenvalue weighted by atomic mass is 10.1.